The van der Waals surface area contributed by atoms with Crippen LogP contribution in [0.1, 0.15) is 58.8 Å². The fourth-order valence-electron chi connectivity index (χ4n) is 3.33. The van der Waals surface area contributed by atoms with Gasteiger partial charge < -0.3 is 0 Å². The molecule has 2 fully saturated rings. The van der Waals surface area contributed by atoms with Crippen LogP contribution in [-0.2, 0) is 0 Å². The monoisotopic (exact) mass is 251 g/mol. The lowest BCUT2D eigenvalue weighted by molar-refractivity contribution is -0.232. The lowest BCUT2D eigenvalue weighted by Gasteiger charge is -2.28. The van der Waals surface area contributed by atoms with Gasteiger partial charge in [-0.2, -0.15) is 15.8 Å². The summed E-state index contributed by atoms with van der Waals surface area (Å²) in [7, 11) is 0. The summed E-state index contributed by atoms with van der Waals surface area (Å²) in [5.41, 5.74) is 5.42. The molecule has 2 rings (SSSR count). The van der Waals surface area contributed by atoms with E-state index in [9.17, 15) is 0 Å². The number of rotatable bonds is 3. The van der Waals surface area contributed by atoms with E-state index < -0.39 is 0 Å². The summed E-state index contributed by atoms with van der Waals surface area (Å²) >= 11 is 0. The number of hydrogen-bond acceptors (Lipinski definition) is 3. The summed E-state index contributed by atoms with van der Waals surface area (Å²) in [4.78, 5) is 0. The third kappa shape index (κ3) is 3.36. The van der Waals surface area contributed by atoms with Gasteiger partial charge in [-0.1, -0.05) is 26.7 Å². The standard InChI is InChI=1S/C14H26N4/c1-10-5-3-4-6-14(10)18-17-12-7-8-13(16-15)11(2)9-12/h10-15H,3-9H2,1-2H3/p+1. The first-order valence-electron chi connectivity index (χ1n) is 7.50. The Morgan fingerprint density at radius 3 is 2.28 bits per heavy atom. The molecule has 0 spiro atoms. The van der Waals surface area contributed by atoms with Gasteiger partial charge in [-0.3, -0.25) is 0 Å². The zero-order chi connectivity index (χ0) is 13.0. The second-order valence-corrected chi connectivity index (χ2v) is 6.22. The van der Waals surface area contributed by atoms with Gasteiger partial charge in [0.25, 0.3) is 0 Å². The van der Waals surface area contributed by atoms with Gasteiger partial charge in [-0.15, -0.1) is 0 Å². The normalized spacial score (nSPS) is 42.0. The van der Waals surface area contributed by atoms with Crippen LogP contribution in [0.3, 0.4) is 0 Å². The maximum atomic E-state index is 5.42. The molecule has 0 aromatic carbocycles. The highest BCUT2D eigenvalue weighted by Crippen LogP contribution is 2.30. The highest BCUT2D eigenvalue weighted by molar-refractivity contribution is 4.85. The molecule has 2 aliphatic rings. The van der Waals surface area contributed by atoms with Crippen LogP contribution in [0.15, 0.2) is 15.3 Å². The zero-order valence-electron chi connectivity index (χ0n) is 11.8. The van der Waals surface area contributed by atoms with Crippen molar-refractivity contribution < 1.29 is 5.53 Å². The molecule has 2 N–H and O–H groups in total. The smallest absolute Gasteiger partial charge is 0.115 e. The molecule has 2 aliphatic carbocycles. The fraction of sp³-hybridized carbons (Fsp3) is 1.00. The van der Waals surface area contributed by atoms with Crippen LogP contribution in [0.25, 0.3) is 0 Å². The molecule has 4 heteroatoms. The molecule has 4 nitrogen and oxygen atoms in total. The predicted molar refractivity (Wildman–Crippen MR) is 71.2 cm³/mol. The molecule has 0 amide bonds. The summed E-state index contributed by atoms with van der Waals surface area (Å²) in [5, 5.41) is 13.2. The van der Waals surface area contributed by atoms with Crippen molar-refractivity contribution in [3.63, 3.8) is 0 Å². The van der Waals surface area contributed by atoms with Crippen molar-refractivity contribution in [3.05, 3.63) is 0 Å². The van der Waals surface area contributed by atoms with E-state index >= 15 is 0 Å². The lowest BCUT2D eigenvalue weighted by Crippen LogP contribution is -2.36. The highest BCUT2D eigenvalue weighted by atomic mass is 15.1. The van der Waals surface area contributed by atoms with Crippen LogP contribution in [0.4, 0.5) is 0 Å². The fourth-order valence-corrected chi connectivity index (χ4v) is 3.33. The Morgan fingerprint density at radius 1 is 0.833 bits per heavy atom. The van der Waals surface area contributed by atoms with Gasteiger partial charge in [0, 0.05) is 0 Å². The van der Waals surface area contributed by atoms with Crippen LogP contribution >= 0.6 is 0 Å². The number of azo groups is 1. The summed E-state index contributed by atoms with van der Waals surface area (Å²) in [5.74, 6) is 1.27. The van der Waals surface area contributed by atoms with E-state index in [1.807, 2.05) is 0 Å². The van der Waals surface area contributed by atoms with Crippen molar-refractivity contribution in [2.24, 2.45) is 27.2 Å². The molecular formula is C14H27N4+. The number of nitrogens with zero attached hydrogens (tertiary/aromatic N) is 3. The number of nitrogens with two attached hydrogens (primary N) is 1. The molecule has 5 atom stereocenters. The third-order valence-corrected chi connectivity index (χ3v) is 4.73. The molecule has 0 aliphatic heterocycles. The van der Waals surface area contributed by atoms with Gasteiger partial charge in [0.2, 0.25) is 0 Å². The average Bonchev–Trinajstić information content (AvgIpc) is 2.38. The largest absolute Gasteiger partial charge is 0.191 e. The van der Waals surface area contributed by atoms with Crippen LogP contribution in [0.2, 0.25) is 0 Å². The molecule has 0 radical (unpaired) electrons. The highest BCUT2D eigenvalue weighted by Gasteiger charge is 2.29. The van der Waals surface area contributed by atoms with Gasteiger partial charge in [-0.25, -0.2) is 0 Å². The molecule has 0 aromatic rings. The van der Waals surface area contributed by atoms with Gasteiger partial charge >= 0.3 is 0 Å². The Kier molecular flexibility index (Phi) is 4.84. The van der Waals surface area contributed by atoms with Gasteiger partial charge in [0.05, 0.1) is 12.1 Å². The molecule has 0 bridgehead atoms. The van der Waals surface area contributed by atoms with Crippen molar-refractivity contribution >= 4 is 0 Å². The summed E-state index contributed by atoms with van der Waals surface area (Å²) < 4.78 is 0. The van der Waals surface area contributed by atoms with E-state index in [1.165, 1.54) is 25.7 Å². The lowest BCUT2D eigenvalue weighted by atomic mass is 9.83. The van der Waals surface area contributed by atoms with Crippen molar-refractivity contribution in [1.82, 2.24) is 0 Å². The van der Waals surface area contributed by atoms with Crippen LogP contribution < -0.4 is 5.53 Å². The van der Waals surface area contributed by atoms with Gasteiger partial charge in [-0.05, 0) is 49.1 Å². The first-order valence-corrected chi connectivity index (χ1v) is 7.50. The van der Waals surface area contributed by atoms with Crippen molar-refractivity contribution in [1.29, 1.82) is 0 Å². The maximum absolute atomic E-state index is 5.42. The first-order chi connectivity index (χ1) is 8.70. The molecule has 0 aromatic heterocycles. The molecule has 102 valence electrons. The quantitative estimate of drug-likeness (QED) is 0.750. The Bertz CT molecular complexity index is 302. The van der Waals surface area contributed by atoms with E-state index in [4.69, 9.17) is 5.53 Å². The molecule has 5 unspecified atom stereocenters. The minimum absolute atomic E-state index is 0.338. The van der Waals surface area contributed by atoms with Crippen molar-refractivity contribution in [3.8, 4) is 0 Å². The molecular weight excluding hydrogens is 224 g/mol. The molecule has 2 saturated carbocycles. The van der Waals surface area contributed by atoms with E-state index in [1.54, 1.807) is 0 Å². The summed E-state index contributed by atoms with van der Waals surface area (Å²) in [6.45, 7) is 4.54. The van der Waals surface area contributed by atoms with E-state index in [0.29, 0.717) is 24.0 Å². The van der Waals surface area contributed by atoms with Crippen molar-refractivity contribution in [2.45, 2.75) is 76.9 Å². The first kappa shape index (κ1) is 13.6. The SMILES string of the molecule is CC1CC(N=NC2CCCCC2C)CCC1N=[NH2+]. The summed E-state index contributed by atoms with van der Waals surface area (Å²) in [6.07, 6.45) is 8.50. The van der Waals surface area contributed by atoms with Crippen LogP contribution in [0, 0.1) is 11.8 Å². The van der Waals surface area contributed by atoms with Gasteiger partial charge in [0.15, 0.2) is 0 Å². The third-order valence-electron chi connectivity index (χ3n) is 4.73. The maximum Gasteiger partial charge on any atom is 0.115 e. The Morgan fingerprint density at radius 2 is 1.61 bits per heavy atom. The van der Waals surface area contributed by atoms with Crippen LogP contribution in [-0.4, -0.2) is 18.1 Å². The van der Waals surface area contributed by atoms with Crippen molar-refractivity contribution in [2.75, 3.05) is 0 Å². The molecule has 0 heterocycles. The average molecular weight is 251 g/mol. The zero-order valence-corrected chi connectivity index (χ0v) is 11.8. The van der Waals surface area contributed by atoms with E-state index in [-0.39, 0.29) is 0 Å². The second-order valence-electron chi connectivity index (χ2n) is 6.22. The topological polar surface area (TPSA) is 62.7 Å². The Balaban J connectivity index is 1.84. The van der Waals surface area contributed by atoms with Crippen LogP contribution in [0.5, 0.6) is 0 Å². The van der Waals surface area contributed by atoms with Gasteiger partial charge in [0.1, 0.15) is 6.04 Å². The predicted octanol–water partition coefficient (Wildman–Crippen LogP) is 2.79. The second kappa shape index (κ2) is 6.39. The minimum Gasteiger partial charge on any atom is -0.191 e. The summed E-state index contributed by atoms with van der Waals surface area (Å²) in [6, 6.07) is 1.23. The Hall–Kier alpha value is -0.800. The number of hydrogen-bond donors (Lipinski definition) is 1. The molecule has 0 saturated heterocycles. The molecule has 18 heavy (non-hydrogen) atoms. The Labute approximate surface area is 110 Å². The van der Waals surface area contributed by atoms with E-state index in [0.717, 1.165) is 25.2 Å². The van der Waals surface area contributed by atoms with E-state index in [2.05, 4.69) is 29.2 Å². The minimum atomic E-state index is 0.338.